The monoisotopic (exact) mass is 532 g/mol. The zero-order valence-electron chi connectivity index (χ0n) is 20.2. The van der Waals surface area contributed by atoms with E-state index in [9.17, 15) is 17.6 Å². The maximum atomic E-state index is 13.6. The second-order valence-corrected chi connectivity index (χ2v) is 11.5. The van der Waals surface area contributed by atoms with Crippen molar-refractivity contribution in [2.24, 2.45) is 0 Å². The number of nitrogens with zero attached hydrogens (tertiary/aromatic N) is 2. The van der Waals surface area contributed by atoms with Gasteiger partial charge < -0.3 is 14.4 Å². The van der Waals surface area contributed by atoms with E-state index in [1.807, 2.05) is 18.4 Å². The number of fused-ring (bicyclic) bond motifs is 1. The lowest BCUT2D eigenvalue weighted by Gasteiger charge is -2.37. The van der Waals surface area contributed by atoms with Crippen LogP contribution in [0, 0.1) is 12.7 Å². The molecule has 0 N–H and O–H groups in total. The van der Waals surface area contributed by atoms with Crippen molar-refractivity contribution in [1.29, 1.82) is 0 Å². The van der Waals surface area contributed by atoms with Gasteiger partial charge in [-0.05, 0) is 54.6 Å². The van der Waals surface area contributed by atoms with Gasteiger partial charge in [0.05, 0.1) is 24.1 Å². The fraction of sp³-hybridized carbons (Fsp3) is 0.346. The Morgan fingerprint density at radius 1 is 1.19 bits per heavy atom. The lowest BCUT2D eigenvalue weighted by atomic mass is 10.0. The lowest BCUT2D eigenvalue weighted by Crippen LogP contribution is -2.48. The van der Waals surface area contributed by atoms with Crippen LogP contribution in [0.25, 0.3) is 0 Å². The SMILES string of the molecule is COCCN(CC(=O)N1CCc2sccc2[C@@H]1COc1cccc(F)c1)S(=O)(=O)c1ccc(C)cc1. The maximum Gasteiger partial charge on any atom is 0.243 e. The molecule has 1 atom stereocenters. The van der Waals surface area contributed by atoms with Crippen LogP contribution in [0.5, 0.6) is 5.75 Å². The van der Waals surface area contributed by atoms with Crippen LogP contribution in [-0.4, -0.2) is 63.5 Å². The Labute approximate surface area is 215 Å². The molecule has 0 saturated carbocycles. The molecule has 36 heavy (non-hydrogen) atoms. The molecule has 10 heteroatoms. The minimum atomic E-state index is -3.92. The number of halogens is 1. The molecular weight excluding hydrogens is 503 g/mol. The van der Waals surface area contributed by atoms with Crippen molar-refractivity contribution >= 4 is 27.3 Å². The van der Waals surface area contributed by atoms with Gasteiger partial charge in [0, 0.05) is 31.1 Å². The van der Waals surface area contributed by atoms with Gasteiger partial charge in [0.25, 0.3) is 0 Å². The minimum Gasteiger partial charge on any atom is -0.491 e. The smallest absolute Gasteiger partial charge is 0.243 e. The predicted molar refractivity (Wildman–Crippen MR) is 136 cm³/mol. The van der Waals surface area contributed by atoms with E-state index in [2.05, 4.69) is 0 Å². The zero-order chi connectivity index (χ0) is 25.7. The number of rotatable bonds is 10. The molecule has 192 valence electrons. The Hall–Kier alpha value is -2.79. The Morgan fingerprint density at radius 2 is 1.97 bits per heavy atom. The molecule has 0 unspecified atom stereocenters. The van der Waals surface area contributed by atoms with Crippen LogP contribution in [0.3, 0.4) is 0 Å². The molecule has 1 aromatic heterocycles. The van der Waals surface area contributed by atoms with Crippen LogP contribution in [0.15, 0.2) is 64.9 Å². The summed E-state index contributed by atoms with van der Waals surface area (Å²) in [5.74, 6) is -0.365. The van der Waals surface area contributed by atoms with Gasteiger partial charge in [0.1, 0.15) is 18.2 Å². The van der Waals surface area contributed by atoms with E-state index in [0.717, 1.165) is 20.3 Å². The zero-order valence-corrected chi connectivity index (χ0v) is 21.9. The van der Waals surface area contributed by atoms with Crippen molar-refractivity contribution in [3.8, 4) is 5.75 Å². The summed E-state index contributed by atoms with van der Waals surface area (Å²) in [6.07, 6.45) is 0.679. The average Bonchev–Trinajstić information content (AvgIpc) is 3.34. The number of aryl methyl sites for hydroxylation is 1. The molecule has 4 rings (SSSR count). The highest BCUT2D eigenvalue weighted by atomic mass is 32.2. The van der Waals surface area contributed by atoms with Crippen LogP contribution in [-0.2, 0) is 26.0 Å². The highest BCUT2D eigenvalue weighted by Crippen LogP contribution is 2.34. The van der Waals surface area contributed by atoms with Gasteiger partial charge in [-0.25, -0.2) is 12.8 Å². The first kappa shape index (κ1) is 26.3. The Balaban J connectivity index is 1.56. The normalized spacial score (nSPS) is 15.7. The van der Waals surface area contributed by atoms with Gasteiger partial charge in [-0.1, -0.05) is 23.8 Å². The first-order valence-electron chi connectivity index (χ1n) is 11.6. The summed E-state index contributed by atoms with van der Waals surface area (Å²) in [6, 6.07) is 13.9. The highest BCUT2D eigenvalue weighted by Gasteiger charge is 2.35. The molecule has 0 bridgehead atoms. The molecule has 1 amide bonds. The van der Waals surface area contributed by atoms with E-state index in [-0.39, 0.29) is 37.1 Å². The molecule has 0 radical (unpaired) electrons. The fourth-order valence-corrected chi connectivity index (χ4v) is 6.49. The van der Waals surface area contributed by atoms with Crippen molar-refractivity contribution in [3.63, 3.8) is 0 Å². The third-order valence-corrected chi connectivity index (χ3v) is 8.99. The summed E-state index contributed by atoms with van der Waals surface area (Å²) in [5, 5.41) is 1.97. The first-order valence-corrected chi connectivity index (χ1v) is 13.9. The summed E-state index contributed by atoms with van der Waals surface area (Å²) in [7, 11) is -2.43. The number of hydrogen-bond acceptors (Lipinski definition) is 6. The Bertz CT molecular complexity index is 1290. The molecule has 0 saturated heterocycles. The number of ether oxygens (including phenoxy) is 2. The molecule has 0 fully saturated rings. The van der Waals surface area contributed by atoms with Crippen LogP contribution >= 0.6 is 11.3 Å². The molecule has 1 aliphatic rings. The predicted octanol–water partition coefficient (Wildman–Crippen LogP) is 4.04. The van der Waals surface area contributed by atoms with Crippen molar-refractivity contribution in [2.45, 2.75) is 24.3 Å². The molecule has 3 aromatic rings. The van der Waals surface area contributed by atoms with E-state index in [1.165, 1.54) is 19.2 Å². The molecule has 1 aliphatic heterocycles. The lowest BCUT2D eigenvalue weighted by molar-refractivity contribution is -0.135. The summed E-state index contributed by atoms with van der Waals surface area (Å²) in [5.41, 5.74) is 1.91. The largest absolute Gasteiger partial charge is 0.491 e. The van der Waals surface area contributed by atoms with Crippen molar-refractivity contribution in [1.82, 2.24) is 9.21 Å². The van der Waals surface area contributed by atoms with Crippen molar-refractivity contribution < 1.29 is 27.1 Å². The second-order valence-electron chi connectivity index (χ2n) is 8.56. The number of carbonyl (C=O) groups is 1. The van der Waals surface area contributed by atoms with Crippen LogP contribution < -0.4 is 4.74 Å². The molecule has 0 aliphatic carbocycles. The number of sulfonamides is 1. The van der Waals surface area contributed by atoms with Gasteiger partial charge in [-0.3, -0.25) is 4.79 Å². The topological polar surface area (TPSA) is 76.2 Å². The molecule has 0 spiro atoms. The minimum absolute atomic E-state index is 0.0421. The molecule has 2 heterocycles. The Morgan fingerprint density at radius 3 is 2.69 bits per heavy atom. The van der Waals surface area contributed by atoms with Gasteiger partial charge >= 0.3 is 0 Å². The maximum absolute atomic E-state index is 13.6. The van der Waals surface area contributed by atoms with E-state index < -0.39 is 21.9 Å². The fourth-order valence-electron chi connectivity index (χ4n) is 4.18. The summed E-state index contributed by atoms with van der Waals surface area (Å²) < 4.78 is 52.6. The molecule has 7 nitrogen and oxygen atoms in total. The van der Waals surface area contributed by atoms with E-state index in [0.29, 0.717) is 18.7 Å². The number of methoxy groups -OCH3 is 1. The number of benzene rings is 2. The molecular formula is C26H29FN2O5S2. The number of hydrogen-bond donors (Lipinski definition) is 0. The van der Waals surface area contributed by atoms with E-state index in [1.54, 1.807) is 52.6 Å². The van der Waals surface area contributed by atoms with Gasteiger partial charge in [-0.2, -0.15) is 4.31 Å². The third kappa shape index (κ3) is 5.95. The summed E-state index contributed by atoms with van der Waals surface area (Å²) in [6.45, 7) is 2.31. The van der Waals surface area contributed by atoms with Crippen LogP contribution in [0.4, 0.5) is 4.39 Å². The van der Waals surface area contributed by atoms with Gasteiger partial charge in [0.2, 0.25) is 15.9 Å². The third-order valence-electron chi connectivity index (χ3n) is 6.13. The number of thiophene rings is 1. The average molecular weight is 533 g/mol. The van der Waals surface area contributed by atoms with Crippen molar-refractivity contribution in [2.75, 3.05) is 40.0 Å². The van der Waals surface area contributed by atoms with Crippen molar-refractivity contribution in [3.05, 3.63) is 81.8 Å². The number of carbonyl (C=O) groups excluding carboxylic acids is 1. The Kier molecular flexibility index (Phi) is 8.40. The van der Waals surface area contributed by atoms with E-state index >= 15 is 0 Å². The highest BCUT2D eigenvalue weighted by molar-refractivity contribution is 7.89. The van der Waals surface area contributed by atoms with E-state index in [4.69, 9.17) is 9.47 Å². The summed E-state index contributed by atoms with van der Waals surface area (Å²) >= 11 is 1.62. The van der Waals surface area contributed by atoms with Gasteiger partial charge in [0.15, 0.2) is 0 Å². The standard InChI is InChI=1S/C26H29FN2O5S2/c1-19-6-8-22(9-7-19)36(31,32)28(13-14-33-2)17-26(30)29-12-10-25-23(11-15-35-25)24(29)18-34-21-5-3-4-20(27)16-21/h3-9,11,15-16,24H,10,12-14,17-18H2,1-2H3/t24-/m0/s1. The quantitative estimate of drug-likeness (QED) is 0.394. The summed E-state index contributed by atoms with van der Waals surface area (Å²) in [4.78, 5) is 16.5. The number of amides is 1. The molecule has 2 aromatic carbocycles. The second kappa shape index (κ2) is 11.5. The van der Waals surface area contributed by atoms with Crippen LogP contribution in [0.1, 0.15) is 22.0 Å². The first-order chi connectivity index (χ1) is 17.3. The van der Waals surface area contributed by atoms with Gasteiger partial charge in [-0.15, -0.1) is 11.3 Å². The van der Waals surface area contributed by atoms with Crippen LogP contribution in [0.2, 0.25) is 0 Å².